The maximum atomic E-state index is 5.99. The van der Waals surface area contributed by atoms with Crippen LogP contribution >= 0.6 is 0 Å². The zero-order chi connectivity index (χ0) is 13.7. The van der Waals surface area contributed by atoms with E-state index in [4.69, 9.17) is 14.0 Å². The van der Waals surface area contributed by atoms with Crippen LogP contribution in [0.15, 0.2) is 12.1 Å². The molecule has 102 valence electrons. The Morgan fingerprint density at radius 3 is 2.53 bits per heavy atom. The minimum atomic E-state index is -0.431. The van der Waals surface area contributed by atoms with E-state index in [9.17, 15) is 0 Å². The fourth-order valence-electron chi connectivity index (χ4n) is 2.13. The van der Waals surface area contributed by atoms with Crippen molar-refractivity contribution in [1.29, 1.82) is 0 Å². The number of nitrogens with one attached hydrogen (secondary N) is 1. The van der Waals surface area contributed by atoms with E-state index in [1.165, 1.54) is 0 Å². The van der Waals surface area contributed by atoms with Crippen molar-refractivity contribution in [3.05, 3.63) is 12.1 Å². The Bertz CT molecular complexity index is 489. The molecule has 0 radical (unpaired) electrons. The summed E-state index contributed by atoms with van der Waals surface area (Å²) in [5, 5.41) is 3.22. The maximum Gasteiger partial charge on any atom is 0.514 e. The van der Waals surface area contributed by atoms with Crippen LogP contribution in [0.3, 0.4) is 0 Å². The molecule has 0 saturated carbocycles. The molecule has 0 aromatic carbocycles. The summed E-state index contributed by atoms with van der Waals surface area (Å²) in [6.45, 7) is 9.58. The standard InChI is InChI=1S/C13H19BN2O3/c1-12(2)13(3,4)19-14(18-12)10-6-5-9-11(16-10)15-7-8-17-9/h5-6H,7-8H2,1-4H3,(H,15,16). The smallest absolute Gasteiger partial charge is 0.488 e. The number of hydrogen-bond donors (Lipinski definition) is 1. The molecule has 1 N–H and O–H groups in total. The quantitative estimate of drug-likeness (QED) is 0.770. The molecule has 3 heterocycles. The molecule has 1 aromatic heterocycles. The summed E-state index contributed by atoms with van der Waals surface area (Å²) >= 11 is 0. The molecule has 19 heavy (non-hydrogen) atoms. The van der Waals surface area contributed by atoms with E-state index in [0.29, 0.717) is 6.61 Å². The molecule has 1 aromatic rings. The average Bonchev–Trinajstić information content (AvgIpc) is 2.58. The zero-order valence-corrected chi connectivity index (χ0v) is 11.8. The second-order valence-corrected chi connectivity index (χ2v) is 5.95. The molecule has 0 amide bonds. The first-order chi connectivity index (χ1) is 8.89. The van der Waals surface area contributed by atoms with E-state index in [2.05, 4.69) is 10.3 Å². The lowest BCUT2D eigenvalue weighted by Crippen LogP contribution is -2.41. The molecule has 2 aliphatic heterocycles. The minimum Gasteiger partial charge on any atom is -0.488 e. The second-order valence-electron chi connectivity index (χ2n) is 5.95. The van der Waals surface area contributed by atoms with Gasteiger partial charge in [0.2, 0.25) is 0 Å². The molecule has 3 rings (SSSR count). The Morgan fingerprint density at radius 1 is 1.16 bits per heavy atom. The monoisotopic (exact) mass is 262 g/mol. The lowest BCUT2D eigenvalue weighted by molar-refractivity contribution is 0.00578. The van der Waals surface area contributed by atoms with E-state index in [1.54, 1.807) is 0 Å². The van der Waals surface area contributed by atoms with Gasteiger partial charge in [0.15, 0.2) is 11.6 Å². The van der Waals surface area contributed by atoms with Crippen molar-refractivity contribution in [3.63, 3.8) is 0 Å². The Labute approximate surface area is 113 Å². The molecule has 2 aliphatic rings. The van der Waals surface area contributed by atoms with Crippen molar-refractivity contribution >= 4 is 18.5 Å². The molecule has 0 bridgehead atoms. The number of anilines is 1. The fraction of sp³-hybridized carbons (Fsp3) is 0.615. The van der Waals surface area contributed by atoms with Crippen molar-refractivity contribution in [3.8, 4) is 5.75 Å². The minimum absolute atomic E-state index is 0.348. The highest BCUT2D eigenvalue weighted by molar-refractivity contribution is 6.61. The molecule has 6 heteroatoms. The molecule has 0 aliphatic carbocycles. The molecule has 0 spiro atoms. The van der Waals surface area contributed by atoms with Crippen molar-refractivity contribution in [1.82, 2.24) is 4.98 Å². The van der Waals surface area contributed by atoms with Crippen LogP contribution in [0.1, 0.15) is 27.7 Å². The van der Waals surface area contributed by atoms with Gasteiger partial charge in [0.1, 0.15) is 6.61 Å². The van der Waals surface area contributed by atoms with Gasteiger partial charge in [-0.15, -0.1) is 0 Å². The van der Waals surface area contributed by atoms with Crippen LogP contribution in [-0.4, -0.2) is 36.5 Å². The second kappa shape index (κ2) is 4.11. The van der Waals surface area contributed by atoms with E-state index in [-0.39, 0.29) is 11.2 Å². The first-order valence-corrected chi connectivity index (χ1v) is 6.62. The van der Waals surface area contributed by atoms with Crippen molar-refractivity contribution in [2.45, 2.75) is 38.9 Å². The molecule has 1 saturated heterocycles. The van der Waals surface area contributed by atoms with E-state index >= 15 is 0 Å². The van der Waals surface area contributed by atoms with Crippen molar-refractivity contribution in [2.75, 3.05) is 18.5 Å². The molecule has 5 nitrogen and oxygen atoms in total. The van der Waals surface area contributed by atoms with Gasteiger partial charge in [-0.2, -0.15) is 0 Å². The van der Waals surface area contributed by atoms with Gasteiger partial charge >= 0.3 is 7.12 Å². The largest absolute Gasteiger partial charge is 0.514 e. The normalized spacial score (nSPS) is 23.5. The van der Waals surface area contributed by atoms with Crippen molar-refractivity contribution in [2.24, 2.45) is 0 Å². The first-order valence-electron chi connectivity index (χ1n) is 6.62. The first kappa shape index (κ1) is 12.8. The number of pyridine rings is 1. The summed E-state index contributed by atoms with van der Waals surface area (Å²) in [5.41, 5.74) is 0.0774. The van der Waals surface area contributed by atoms with E-state index in [1.807, 2.05) is 39.8 Å². The Kier molecular flexibility index (Phi) is 2.76. The van der Waals surface area contributed by atoms with Crippen LogP contribution in [0.2, 0.25) is 0 Å². The van der Waals surface area contributed by atoms with Crippen LogP contribution in [0.25, 0.3) is 0 Å². The molecular weight excluding hydrogens is 243 g/mol. The highest BCUT2D eigenvalue weighted by Gasteiger charge is 2.52. The number of aromatic nitrogens is 1. The number of hydrogen-bond acceptors (Lipinski definition) is 5. The lowest BCUT2D eigenvalue weighted by atomic mass is 9.84. The summed E-state index contributed by atoms with van der Waals surface area (Å²) in [6.07, 6.45) is 0. The highest BCUT2D eigenvalue weighted by atomic mass is 16.7. The van der Waals surface area contributed by atoms with Gasteiger partial charge in [0.05, 0.1) is 23.3 Å². The number of fused-ring (bicyclic) bond motifs is 1. The summed E-state index contributed by atoms with van der Waals surface area (Å²) < 4.78 is 17.5. The van der Waals surface area contributed by atoms with Gasteiger partial charge in [0.25, 0.3) is 0 Å². The van der Waals surface area contributed by atoms with Gasteiger partial charge < -0.3 is 19.4 Å². The summed E-state index contributed by atoms with van der Waals surface area (Å²) in [6, 6.07) is 3.81. The summed E-state index contributed by atoms with van der Waals surface area (Å²) in [4.78, 5) is 4.54. The topological polar surface area (TPSA) is 52.6 Å². The molecule has 1 fully saturated rings. The Hall–Kier alpha value is -1.27. The van der Waals surface area contributed by atoms with Gasteiger partial charge in [-0.25, -0.2) is 4.98 Å². The number of rotatable bonds is 1. The predicted octanol–water partition coefficient (Wildman–Crippen LogP) is 1.19. The van der Waals surface area contributed by atoms with Crippen LogP contribution in [0, 0.1) is 0 Å². The van der Waals surface area contributed by atoms with Gasteiger partial charge in [-0.3, -0.25) is 0 Å². The van der Waals surface area contributed by atoms with Crippen LogP contribution in [0.5, 0.6) is 5.75 Å². The van der Waals surface area contributed by atoms with Gasteiger partial charge in [-0.05, 0) is 39.8 Å². The van der Waals surface area contributed by atoms with E-state index < -0.39 is 7.12 Å². The Morgan fingerprint density at radius 2 is 1.84 bits per heavy atom. The van der Waals surface area contributed by atoms with Gasteiger partial charge in [0, 0.05) is 0 Å². The maximum absolute atomic E-state index is 5.99. The van der Waals surface area contributed by atoms with Crippen LogP contribution in [0.4, 0.5) is 5.82 Å². The average molecular weight is 262 g/mol. The third kappa shape index (κ3) is 2.09. The number of nitrogens with zero attached hydrogens (tertiary/aromatic N) is 1. The SMILES string of the molecule is CC1(C)OB(c2ccc3c(n2)NCCO3)OC1(C)C. The van der Waals surface area contributed by atoms with Crippen LogP contribution in [-0.2, 0) is 9.31 Å². The lowest BCUT2D eigenvalue weighted by Gasteiger charge is -2.32. The van der Waals surface area contributed by atoms with Crippen LogP contribution < -0.4 is 15.6 Å². The summed E-state index contributed by atoms with van der Waals surface area (Å²) in [7, 11) is -0.431. The Balaban J connectivity index is 1.88. The molecular formula is C13H19BN2O3. The molecule has 0 atom stereocenters. The van der Waals surface area contributed by atoms with E-state index in [0.717, 1.165) is 23.7 Å². The number of ether oxygens (including phenoxy) is 1. The fourth-order valence-corrected chi connectivity index (χ4v) is 2.13. The zero-order valence-electron chi connectivity index (χ0n) is 11.8. The third-order valence-electron chi connectivity index (χ3n) is 4.03. The van der Waals surface area contributed by atoms with Gasteiger partial charge in [-0.1, -0.05) is 0 Å². The third-order valence-corrected chi connectivity index (χ3v) is 4.03. The predicted molar refractivity (Wildman–Crippen MR) is 73.9 cm³/mol. The highest BCUT2D eigenvalue weighted by Crippen LogP contribution is 2.36. The summed E-state index contributed by atoms with van der Waals surface area (Å²) in [5.74, 6) is 1.55. The molecule has 0 unspecified atom stereocenters. The van der Waals surface area contributed by atoms with Crippen molar-refractivity contribution < 1.29 is 14.0 Å².